The number of carboxylic acid groups (broad SMARTS) is 1. The van der Waals surface area contributed by atoms with Crippen LogP contribution in [0.2, 0.25) is 5.02 Å². The van der Waals surface area contributed by atoms with Crippen LogP contribution in [0.3, 0.4) is 0 Å². The van der Waals surface area contributed by atoms with Gasteiger partial charge in [-0.2, -0.15) is 0 Å². The summed E-state index contributed by atoms with van der Waals surface area (Å²) in [5.41, 5.74) is 0.391. The molecule has 0 aliphatic rings. The fourth-order valence-electron chi connectivity index (χ4n) is 2.62. The van der Waals surface area contributed by atoms with Gasteiger partial charge in [-0.3, -0.25) is 4.79 Å². The van der Waals surface area contributed by atoms with Gasteiger partial charge in [0.1, 0.15) is 0 Å². The minimum Gasteiger partial charge on any atom is -0.493 e. The Kier molecular flexibility index (Phi) is 5.58. The van der Waals surface area contributed by atoms with E-state index in [0.29, 0.717) is 22.1 Å². The Bertz CT molecular complexity index is 1170. The van der Waals surface area contributed by atoms with Crippen LogP contribution in [0.5, 0.6) is 11.5 Å². The van der Waals surface area contributed by atoms with E-state index in [9.17, 15) is 9.59 Å². The van der Waals surface area contributed by atoms with Gasteiger partial charge in [0.15, 0.2) is 17.3 Å². The molecule has 7 nitrogen and oxygen atoms in total. The zero-order valence-electron chi connectivity index (χ0n) is 14.7. The predicted octanol–water partition coefficient (Wildman–Crippen LogP) is 4.03. The normalized spacial score (nSPS) is 11.5. The number of carboxylic acids is 1. The summed E-state index contributed by atoms with van der Waals surface area (Å²) < 4.78 is 10.4. The van der Waals surface area contributed by atoms with Crippen molar-refractivity contribution in [1.82, 2.24) is 9.97 Å². The molecule has 0 amide bonds. The molecule has 0 saturated carbocycles. The van der Waals surface area contributed by atoms with E-state index in [0.717, 1.165) is 0 Å². The molecule has 0 atom stereocenters. The van der Waals surface area contributed by atoms with Crippen LogP contribution in [0, 0.1) is 0 Å². The van der Waals surface area contributed by atoms with Crippen LogP contribution in [0.1, 0.15) is 21.7 Å². The summed E-state index contributed by atoms with van der Waals surface area (Å²) in [6, 6.07) is 7.33. The molecule has 1 aromatic heterocycles. The molecule has 0 aliphatic heterocycles. The third-order valence-electron chi connectivity index (χ3n) is 3.93. The number of aromatic nitrogens is 2. The maximum absolute atomic E-state index is 12.3. The molecule has 3 aromatic rings. The lowest BCUT2D eigenvalue weighted by atomic mass is 10.1. The van der Waals surface area contributed by atoms with Crippen LogP contribution in [-0.4, -0.2) is 35.3 Å². The smallest absolute Gasteiger partial charge is 0.335 e. The lowest BCUT2D eigenvalue weighted by Gasteiger charge is -2.10. The highest BCUT2D eigenvalue weighted by atomic mass is 35.5. The monoisotopic (exact) mass is 420 g/mol. The maximum Gasteiger partial charge on any atom is 0.335 e. The molecule has 0 radical (unpaired) electrons. The van der Waals surface area contributed by atoms with Crippen molar-refractivity contribution < 1.29 is 19.4 Å². The van der Waals surface area contributed by atoms with E-state index in [1.165, 1.54) is 32.4 Å². The first kappa shape index (κ1) is 19.7. The van der Waals surface area contributed by atoms with Crippen molar-refractivity contribution in [2.24, 2.45) is 0 Å². The molecule has 0 bridgehead atoms. The number of halogens is 2. The number of hydrogen-bond donors (Lipinski definition) is 2. The average molecular weight is 421 g/mol. The summed E-state index contributed by atoms with van der Waals surface area (Å²) in [5, 5.41) is 9.83. The average Bonchev–Trinajstić information content (AvgIpc) is 2.66. The zero-order chi connectivity index (χ0) is 20.4. The van der Waals surface area contributed by atoms with Gasteiger partial charge >= 0.3 is 5.97 Å². The molecule has 9 heteroatoms. The number of fused-ring (bicyclic) bond motifs is 1. The van der Waals surface area contributed by atoms with Crippen LogP contribution in [0.15, 0.2) is 35.1 Å². The minimum atomic E-state index is -1.12. The highest BCUT2D eigenvalue weighted by Crippen LogP contribution is 2.37. The Morgan fingerprint density at radius 3 is 2.61 bits per heavy atom. The molecule has 1 heterocycles. The van der Waals surface area contributed by atoms with Crippen molar-refractivity contribution in [2.45, 2.75) is 0 Å². The number of H-pyrrole nitrogens is 1. The third kappa shape index (κ3) is 3.81. The molecule has 0 saturated heterocycles. The van der Waals surface area contributed by atoms with Crippen molar-refractivity contribution in [2.75, 3.05) is 14.2 Å². The molecule has 28 heavy (non-hydrogen) atoms. The number of hydrogen-bond acceptors (Lipinski definition) is 5. The highest BCUT2D eigenvalue weighted by molar-refractivity contribution is 6.50. The van der Waals surface area contributed by atoms with Crippen LogP contribution < -0.4 is 15.0 Å². The number of benzene rings is 2. The number of aromatic amines is 1. The van der Waals surface area contributed by atoms with Gasteiger partial charge in [0.05, 0.1) is 40.7 Å². The van der Waals surface area contributed by atoms with Gasteiger partial charge in [-0.25, -0.2) is 9.78 Å². The number of ether oxygens (including phenoxy) is 2. The van der Waals surface area contributed by atoms with Crippen molar-refractivity contribution in [1.29, 1.82) is 0 Å². The van der Waals surface area contributed by atoms with Crippen molar-refractivity contribution >= 4 is 51.2 Å². The molecule has 0 aliphatic carbocycles. The largest absolute Gasteiger partial charge is 0.493 e. The van der Waals surface area contributed by atoms with Gasteiger partial charge in [-0.15, -0.1) is 0 Å². The molecule has 0 spiro atoms. The van der Waals surface area contributed by atoms with Crippen LogP contribution in [-0.2, 0) is 0 Å². The molecule has 2 aromatic carbocycles. The Morgan fingerprint density at radius 2 is 1.96 bits per heavy atom. The van der Waals surface area contributed by atoms with Gasteiger partial charge < -0.3 is 19.6 Å². The number of aromatic carboxylic acids is 1. The lowest BCUT2D eigenvalue weighted by molar-refractivity contribution is 0.0697. The zero-order valence-corrected chi connectivity index (χ0v) is 16.3. The molecular formula is C19H14Cl2N2O5. The van der Waals surface area contributed by atoms with Gasteiger partial charge in [0.2, 0.25) is 0 Å². The van der Waals surface area contributed by atoms with Gasteiger partial charge in [0, 0.05) is 0 Å². The first-order valence-electron chi connectivity index (χ1n) is 7.90. The first-order valence-corrected chi connectivity index (χ1v) is 8.66. The highest BCUT2D eigenvalue weighted by Gasteiger charge is 2.13. The van der Waals surface area contributed by atoms with Gasteiger partial charge in [-0.1, -0.05) is 23.2 Å². The molecule has 0 fully saturated rings. The second-order valence-electron chi connectivity index (χ2n) is 5.68. The predicted molar refractivity (Wildman–Crippen MR) is 108 cm³/mol. The van der Waals surface area contributed by atoms with Crippen LogP contribution in [0.4, 0.5) is 0 Å². The van der Waals surface area contributed by atoms with Crippen molar-refractivity contribution in [3.05, 3.63) is 62.7 Å². The molecule has 3 rings (SSSR count). The van der Waals surface area contributed by atoms with E-state index < -0.39 is 11.5 Å². The second-order valence-corrected chi connectivity index (χ2v) is 6.50. The Hall–Kier alpha value is -3.03. The summed E-state index contributed by atoms with van der Waals surface area (Å²) in [5.74, 6) is -0.229. The molecule has 0 unspecified atom stereocenters. The summed E-state index contributed by atoms with van der Waals surface area (Å²) in [6.45, 7) is 0. The summed E-state index contributed by atoms with van der Waals surface area (Å²) in [4.78, 5) is 30.3. The number of nitrogens with zero attached hydrogens (tertiary/aromatic N) is 1. The number of carbonyl (C=O) groups is 1. The SMILES string of the molecule is COc1cc(/C=C(\Cl)c2nc3cc(C(=O)O)ccc3c(=O)[nH]2)cc(Cl)c1OC. The van der Waals surface area contributed by atoms with E-state index in [-0.39, 0.29) is 27.3 Å². The van der Waals surface area contributed by atoms with E-state index in [1.54, 1.807) is 18.2 Å². The minimum absolute atomic E-state index is 0.0170. The van der Waals surface area contributed by atoms with E-state index in [2.05, 4.69) is 9.97 Å². The third-order valence-corrected chi connectivity index (χ3v) is 4.50. The summed E-state index contributed by atoms with van der Waals surface area (Å²) in [7, 11) is 2.95. The fourth-order valence-corrected chi connectivity index (χ4v) is 3.13. The number of methoxy groups -OCH3 is 2. The lowest BCUT2D eigenvalue weighted by Crippen LogP contribution is -2.11. The topological polar surface area (TPSA) is 102 Å². The van der Waals surface area contributed by atoms with E-state index in [4.69, 9.17) is 37.8 Å². The van der Waals surface area contributed by atoms with Gasteiger partial charge in [-0.05, 0) is 42.0 Å². The Labute approximate surface area is 169 Å². The molecule has 144 valence electrons. The molecular weight excluding hydrogens is 407 g/mol. The van der Waals surface area contributed by atoms with E-state index in [1.807, 2.05) is 0 Å². The quantitative estimate of drug-likeness (QED) is 0.645. The van der Waals surface area contributed by atoms with Crippen molar-refractivity contribution in [3.8, 4) is 11.5 Å². The number of rotatable bonds is 5. The first-order chi connectivity index (χ1) is 13.3. The number of nitrogens with one attached hydrogen (secondary N) is 1. The Morgan fingerprint density at radius 1 is 1.21 bits per heavy atom. The van der Waals surface area contributed by atoms with Gasteiger partial charge in [0.25, 0.3) is 5.56 Å². The summed E-state index contributed by atoms with van der Waals surface area (Å²) >= 11 is 12.5. The maximum atomic E-state index is 12.3. The second kappa shape index (κ2) is 7.92. The van der Waals surface area contributed by atoms with Crippen LogP contribution in [0.25, 0.3) is 22.0 Å². The summed E-state index contributed by atoms with van der Waals surface area (Å²) in [6.07, 6.45) is 1.54. The fraction of sp³-hybridized carbons (Fsp3) is 0.105. The standard InChI is InChI=1S/C19H14Cl2N2O5/c1-27-15-7-9(5-12(20)16(15)28-2)6-13(21)17-22-14-8-10(19(25)26)3-4-11(14)18(24)23-17/h3-8H,1-2H3,(H,25,26)(H,22,23,24)/b13-6-. The van der Waals surface area contributed by atoms with Crippen LogP contribution >= 0.6 is 23.2 Å². The molecule has 2 N–H and O–H groups in total. The van der Waals surface area contributed by atoms with Crippen molar-refractivity contribution in [3.63, 3.8) is 0 Å². The Balaban J connectivity index is 2.10. The van der Waals surface area contributed by atoms with E-state index >= 15 is 0 Å².